The van der Waals surface area contributed by atoms with Crippen LogP contribution in [0.2, 0.25) is 0 Å². The minimum Gasteiger partial charge on any atom is -0.391 e. The van der Waals surface area contributed by atoms with Gasteiger partial charge in [0.15, 0.2) is 5.82 Å². The summed E-state index contributed by atoms with van der Waals surface area (Å²) in [7, 11) is 1.58. The van der Waals surface area contributed by atoms with Crippen molar-refractivity contribution in [1.29, 1.82) is 5.26 Å². The summed E-state index contributed by atoms with van der Waals surface area (Å²) in [5, 5.41) is 15.6. The molecule has 2 aromatic rings. The second-order valence-electron chi connectivity index (χ2n) is 5.35. The van der Waals surface area contributed by atoms with Gasteiger partial charge in [0, 0.05) is 7.05 Å². The maximum absolute atomic E-state index is 12.0. The Labute approximate surface area is 136 Å². The van der Waals surface area contributed by atoms with Crippen molar-refractivity contribution in [3.05, 3.63) is 18.6 Å². The van der Waals surface area contributed by atoms with Gasteiger partial charge in [-0.25, -0.2) is 19.4 Å². The maximum Gasteiger partial charge on any atom is 0.411 e. The molecule has 1 fully saturated rings. The summed E-state index contributed by atoms with van der Waals surface area (Å²) in [5.74, 6) is -0.0000506. The van der Waals surface area contributed by atoms with Gasteiger partial charge in [0.05, 0.1) is 30.3 Å². The molecule has 0 spiro atoms. The molecular weight excluding hydrogens is 314 g/mol. The Balaban J connectivity index is 1.79. The van der Waals surface area contributed by atoms with Gasteiger partial charge in [0.25, 0.3) is 0 Å². The first-order chi connectivity index (χ1) is 11.4. The molecule has 122 valence electrons. The lowest BCUT2D eigenvalue weighted by Crippen LogP contribution is -2.22. The first kappa shape index (κ1) is 15.4. The minimum atomic E-state index is -0.977. The van der Waals surface area contributed by atoms with Gasteiger partial charge in [0.1, 0.15) is 11.0 Å². The summed E-state index contributed by atoms with van der Waals surface area (Å²) in [6, 6.07) is 2.01. The highest BCUT2D eigenvalue weighted by molar-refractivity contribution is 5.99. The number of aryl methyl sites for hydroxylation is 1. The number of hydrogen-bond donors (Lipinski definition) is 2. The number of anilines is 1. The molecule has 10 nitrogen and oxygen atoms in total. The van der Waals surface area contributed by atoms with Gasteiger partial charge in [-0.05, 0) is 12.8 Å². The number of aromatic nitrogens is 4. The third kappa shape index (κ3) is 2.74. The van der Waals surface area contributed by atoms with E-state index in [0.29, 0.717) is 24.1 Å². The SMILES string of the molecule is Cn1ncc(-c2ncc(NC(=O)C3(C#N)CC3)cn2)c1OC(N)=O. The Morgan fingerprint density at radius 3 is 2.58 bits per heavy atom. The number of carbonyl (C=O) groups is 2. The zero-order valence-corrected chi connectivity index (χ0v) is 12.7. The Morgan fingerprint density at radius 1 is 1.38 bits per heavy atom. The molecule has 10 heteroatoms. The van der Waals surface area contributed by atoms with E-state index in [2.05, 4.69) is 20.4 Å². The molecule has 0 saturated heterocycles. The molecule has 2 amide bonds. The summed E-state index contributed by atoms with van der Waals surface area (Å²) in [6.45, 7) is 0. The van der Waals surface area contributed by atoms with Crippen LogP contribution in [-0.2, 0) is 11.8 Å². The highest BCUT2D eigenvalue weighted by atomic mass is 16.6. The van der Waals surface area contributed by atoms with Gasteiger partial charge >= 0.3 is 6.09 Å². The fourth-order valence-electron chi connectivity index (χ4n) is 2.09. The lowest BCUT2D eigenvalue weighted by atomic mass is 10.1. The van der Waals surface area contributed by atoms with Crippen LogP contribution in [0.3, 0.4) is 0 Å². The number of ether oxygens (including phenoxy) is 1. The molecule has 3 N–H and O–H groups in total. The zero-order valence-electron chi connectivity index (χ0n) is 12.7. The van der Waals surface area contributed by atoms with E-state index in [1.807, 2.05) is 6.07 Å². The first-order valence-electron chi connectivity index (χ1n) is 6.99. The van der Waals surface area contributed by atoms with E-state index < -0.39 is 11.5 Å². The molecule has 0 radical (unpaired) electrons. The Hall–Kier alpha value is -3.48. The lowest BCUT2D eigenvalue weighted by Gasteiger charge is -2.08. The Morgan fingerprint density at radius 2 is 2.04 bits per heavy atom. The first-order valence-corrected chi connectivity index (χ1v) is 6.99. The van der Waals surface area contributed by atoms with Gasteiger partial charge in [0.2, 0.25) is 11.8 Å². The lowest BCUT2D eigenvalue weighted by molar-refractivity contribution is -0.119. The Kier molecular flexibility index (Phi) is 3.61. The molecule has 0 bridgehead atoms. The molecule has 2 aromatic heterocycles. The smallest absolute Gasteiger partial charge is 0.391 e. The van der Waals surface area contributed by atoms with E-state index in [0.717, 1.165) is 0 Å². The van der Waals surface area contributed by atoms with Crippen molar-refractivity contribution >= 4 is 17.7 Å². The Bertz CT molecular complexity index is 846. The summed E-state index contributed by atoms with van der Waals surface area (Å²) >= 11 is 0. The van der Waals surface area contributed by atoms with Crippen LogP contribution in [0, 0.1) is 16.7 Å². The number of hydrogen-bond acceptors (Lipinski definition) is 7. The van der Waals surface area contributed by atoms with E-state index in [1.54, 1.807) is 7.05 Å². The van der Waals surface area contributed by atoms with Crippen LogP contribution in [0.15, 0.2) is 18.6 Å². The minimum absolute atomic E-state index is 0.112. The summed E-state index contributed by atoms with van der Waals surface area (Å²) in [5.41, 5.74) is 4.84. The second-order valence-corrected chi connectivity index (χ2v) is 5.35. The van der Waals surface area contributed by atoms with Crippen LogP contribution in [-0.4, -0.2) is 31.7 Å². The topological polar surface area (TPSA) is 149 Å². The fraction of sp³-hybridized carbons (Fsp3) is 0.286. The van der Waals surface area contributed by atoms with Crippen molar-refractivity contribution in [2.45, 2.75) is 12.8 Å². The molecule has 3 rings (SSSR count). The molecule has 1 aliphatic rings. The van der Waals surface area contributed by atoms with Crippen LogP contribution >= 0.6 is 0 Å². The quantitative estimate of drug-likeness (QED) is 0.833. The number of nitriles is 1. The largest absolute Gasteiger partial charge is 0.411 e. The molecular formula is C14H13N7O3. The van der Waals surface area contributed by atoms with Gasteiger partial charge in [-0.2, -0.15) is 10.4 Å². The van der Waals surface area contributed by atoms with E-state index in [4.69, 9.17) is 15.7 Å². The predicted octanol–water partition coefficient (Wildman–Crippen LogP) is 0.577. The summed E-state index contributed by atoms with van der Waals surface area (Å²) in [6.07, 6.45) is 4.36. The van der Waals surface area contributed by atoms with E-state index in [1.165, 1.54) is 23.3 Å². The molecule has 0 aliphatic heterocycles. The molecule has 0 atom stereocenters. The molecule has 24 heavy (non-hydrogen) atoms. The van der Waals surface area contributed by atoms with Crippen LogP contribution in [0.25, 0.3) is 11.4 Å². The summed E-state index contributed by atoms with van der Waals surface area (Å²) < 4.78 is 6.21. The highest BCUT2D eigenvalue weighted by Gasteiger charge is 2.50. The van der Waals surface area contributed by atoms with Crippen molar-refractivity contribution in [1.82, 2.24) is 19.7 Å². The monoisotopic (exact) mass is 327 g/mol. The van der Waals surface area contributed by atoms with Crippen molar-refractivity contribution in [3.8, 4) is 23.3 Å². The highest BCUT2D eigenvalue weighted by Crippen LogP contribution is 2.45. The van der Waals surface area contributed by atoms with Gasteiger partial charge in [-0.1, -0.05) is 0 Å². The van der Waals surface area contributed by atoms with Gasteiger partial charge in [-0.15, -0.1) is 0 Å². The number of nitrogens with one attached hydrogen (secondary N) is 1. The van der Waals surface area contributed by atoms with Crippen LogP contribution in [0.1, 0.15) is 12.8 Å². The summed E-state index contributed by atoms with van der Waals surface area (Å²) in [4.78, 5) is 31.2. The van der Waals surface area contributed by atoms with Crippen molar-refractivity contribution in [2.24, 2.45) is 18.2 Å². The van der Waals surface area contributed by atoms with E-state index >= 15 is 0 Å². The number of rotatable bonds is 4. The van der Waals surface area contributed by atoms with Crippen LogP contribution < -0.4 is 15.8 Å². The number of primary amides is 1. The number of amides is 2. The predicted molar refractivity (Wildman–Crippen MR) is 80.4 cm³/mol. The average Bonchev–Trinajstić information content (AvgIpc) is 3.29. The third-order valence-electron chi connectivity index (χ3n) is 3.63. The van der Waals surface area contributed by atoms with Crippen LogP contribution in [0.5, 0.6) is 5.88 Å². The average molecular weight is 327 g/mol. The fourth-order valence-corrected chi connectivity index (χ4v) is 2.09. The van der Waals surface area contributed by atoms with Crippen molar-refractivity contribution in [2.75, 3.05) is 5.32 Å². The van der Waals surface area contributed by atoms with E-state index in [-0.39, 0.29) is 17.6 Å². The molecule has 1 saturated carbocycles. The maximum atomic E-state index is 12.0. The molecule has 2 heterocycles. The number of nitrogens with zero attached hydrogens (tertiary/aromatic N) is 5. The molecule has 1 aliphatic carbocycles. The zero-order chi connectivity index (χ0) is 17.3. The third-order valence-corrected chi connectivity index (χ3v) is 3.63. The van der Waals surface area contributed by atoms with E-state index in [9.17, 15) is 9.59 Å². The molecule has 0 aromatic carbocycles. The number of nitrogens with two attached hydrogens (primary N) is 1. The van der Waals surface area contributed by atoms with Crippen LogP contribution in [0.4, 0.5) is 10.5 Å². The normalized spacial score (nSPS) is 14.5. The van der Waals surface area contributed by atoms with Gasteiger partial charge in [-0.3, -0.25) is 4.79 Å². The van der Waals surface area contributed by atoms with Gasteiger partial charge < -0.3 is 15.8 Å². The molecule has 0 unspecified atom stereocenters. The number of carbonyl (C=O) groups excluding carboxylic acids is 2. The van der Waals surface area contributed by atoms with Crippen molar-refractivity contribution < 1.29 is 14.3 Å². The second kappa shape index (κ2) is 5.62. The van der Waals surface area contributed by atoms with Crippen molar-refractivity contribution in [3.63, 3.8) is 0 Å². The standard InChI is InChI=1S/C14H13N7O3/c1-21-11(24-13(16)23)9(6-19-21)10-17-4-8(5-18-10)20-12(22)14(7-15)2-3-14/h4-6H,2-3H2,1H3,(H2,16,23)(H,20,22).